The lowest BCUT2D eigenvalue weighted by molar-refractivity contribution is -0.137. The molecule has 26 heavy (non-hydrogen) atoms. The largest absolute Gasteiger partial charge is 0.481 e. The summed E-state index contributed by atoms with van der Waals surface area (Å²) in [6, 6.07) is 6.55. The molecular weight excluding hydrogens is 357 g/mol. The van der Waals surface area contributed by atoms with Crippen LogP contribution in [0.4, 0.5) is 4.39 Å². The highest BCUT2D eigenvalue weighted by molar-refractivity contribution is 7.92. The van der Waals surface area contributed by atoms with Gasteiger partial charge in [-0.1, -0.05) is 30.5 Å². The summed E-state index contributed by atoms with van der Waals surface area (Å²) in [5.41, 5.74) is 7.08. The minimum Gasteiger partial charge on any atom is -0.481 e. The summed E-state index contributed by atoms with van der Waals surface area (Å²) in [5.74, 6) is -1.62. The van der Waals surface area contributed by atoms with E-state index < -0.39 is 33.3 Å². The Labute approximate surface area is 154 Å². The monoisotopic (exact) mass is 385 g/mol. The Morgan fingerprint density at radius 1 is 1.23 bits per heavy atom. The molecule has 0 amide bonds. The highest BCUT2D eigenvalue weighted by Crippen LogP contribution is 2.41. The Morgan fingerprint density at radius 3 is 2.50 bits per heavy atom. The predicted molar refractivity (Wildman–Crippen MR) is 98.2 cm³/mol. The molecule has 0 aliphatic heterocycles. The normalized spacial score (nSPS) is 24.5. The molecule has 4 atom stereocenters. The van der Waals surface area contributed by atoms with E-state index in [1.165, 1.54) is 0 Å². The van der Waals surface area contributed by atoms with E-state index in [0.29, 0.717) is 38.5 Å². The summed E-state index contributed by atoms with van der Waals surface area (Å²) >= 11 is 0. The van der Waals surface area contributed by atoms with E-state index in [4.69, 9.17) is 10.8 Å². The molecule has 0 aromatic heterocycles. The van der Waals surface area contributed by atoms with Crippen LogP contribution in [-0.4, -0.2) is 31.0 Å². The maximum absolute atomic E-state index is 14.3. The molecule has 1 aromatic rings. The molecule has 0 radical (unpaired) electrons. The number of aryl methyl sites for hydroxylation is 1. The predicted octanol–water partition coefficient (Wildman–Crippen LogP) is 3.45. The molecule has 0 saturated heterocycles. The van der Waals surface area contributed by atoms with Gasteiger partial charge in [0.1, 0.15) is 11.5 Å². The van der Waals surface area contributed by atoms with Gasteiger partial charge in [0.25, 0.3) is 0 Å². The summed E-state index contributed by atoms with van der Waals surface area (Å²) in [5, 5.41) is 7.54. The maximum Gasteiger partial charge on any atom is 0.303 e. The van der Waals surface area contributed by atoms with Crippen LogP contribution in [0.1, 0.15) is 50.5 Å². The highest BCUT2D eigenvalue weighted by atomic mass is 32.2. The van der Waals surface area contributed by atoms with E-state index in [1.54, 1.807) is 24.3 Å². The summed E-state index contributed by atoms with van der Waals surface area (Å²) in [6.45, 7) is 1.88. The molecule has 1 unspecified atom stereocenters. The summed E-state index contributed by atoms with van der Waals surface area (Å²) in [7, 11) is -3.71. The molecule has 1 aliphatic carbocycles. The van der Waals surface area contributed by atoms with Crippen molar-refractivity contribution in [2.24, 2.45) is 17.6 Å². The second kappa shape index (κ2) is 8.95. The van der Waals surface area contributed by atoms with Gasteiger partial charge < -0.3 is 10.8 Å². The van der Waals surface area contributed by atoms with Gasteiger partial charge in [-0.3, -0.25) is 4.79 Å². The number of nitrogens with two attached hydrogens (primary N) is 1. The second-order valence-electron chi connectivity index (χ2n) is 7.24. The number of hydrogen-bond acceptors (Lipinski definition) is 4. The molecule has 5 nitrogen and oxygen atoms in total. The van der Waals surface area contributed by atoms with Crippen molar-refractivity contribution in [3.63, 3.8) is 0 Å². The van der Waals surface area contributed by atoms with Gasteiger partial charge >= 0.3 is 5.97 Å². The lowest BCUT2D eigenvalue weighted by Crippen LogP contribution is -2.40. The average molecular weight is 386 g/mol. The van der Waals surface area contributed by atoms with Crippen LogP contribution in [0.5, 0.6) is 0 Å². The number of carbonyl (C=O) groups is 1. The molecule has 1 aliphatic rings. The van der Waals surface area contributed by atoms with Gasteiger partial charge in [-0.25, -0.2) is 12.8 Å². The fraction of sp³-hybridized carbons (Fsp3) is 0.632. The smallest absolute Gasteiger partial charge is 0.303 e. The number of carboxylic acids is 1. The zero-order valence-electron chi connectivity index (χ0n) is 15.1. The quantitative estimate of drug-likeness (QED) is 0.635. The maximum atomic E-state index is 14.3. The zero-order valence-corrected chi connectivity index (χ0v) is 15.9. The molecule has 146 valence electrons. The topological polar surface area (TPSA) is 97.5 Å². The third-order valence-electron chi connectivity index (χ3n) is 5.35. The fourth-order valence-electron chi connectivity index (χ4n) is 3.80. The molecule has 3 N–H and O–H groups in total. The summed E-state index contributed by atoms with van der Waals surface area (Å²) in [6.07, 6.45) is 2.34. The van der Waals surface area contributed by atoms with Gasteiger partial charge in [-0.2, -0.15) is 0 Å². The van der Waals surface area contributed by atoms with E-state index in [9.17, 15) is 17.6 Å². The number of sulfone groups is 1. The van der Waals surface area contributed by atoms with Crippen molar-refractivity contribution in [3.8, 4) is 0 Å². The number of benzene rings is 1. The molecule has 1 aromatic carbocycles. The number of carboxylic acid groups (broad SMARTS) is 1. The van der Waals surface area contributed by atoms with Crippen molar-refractivity contribution >= 4 is 15.8 Å². The van der Waals surface area contributed by atoms with Crippen LogP contribution < -0.4 is 5.73 Å². The van der Waals surface area contributed by atoms with Crippen LogP contribution in [0, 0.1) is 18.8 Å². The Hall–Kier alpha value is -1.47. The standard InChI is InChI=1S/C19H28FNO4S/c1-13-7-9-14(10-8-13)26(24,25)19(21)16-11-12-17(20)15(16)5-3-2-4-6-18(22)23/h7-10,15-17,19H,2-6,11-12,21H2,1H3,(H,22,23)/t15-,16+,17-,19?/m1/s1. The molecule has 0 heterocycles. The Balaban J connectivity index is 2.02. The third kappa shape index (κ3) is 5.04. The Morgan fingerprint density at radius 2 is 1.88 bits per heavy atom. The van der Waals surface area contributed by atoms with Gasteiger partial charge in [-0.05, 0) is 56.6 Å². The molecule has 1 fully saturated rings. The first kappa shape index (κ1) is 20.8. The van der Waals surface area contributed by atoms with Gasteiger partial charge in [0.15, 0.2) is 9.84 Å². The summed E-state index contributed by atoms with van der Waals surface area (Å²) in [4.78, 5) is 10.7. The molecule has 1 saturated carbocycles. The molecule has 2 rings (SSSR count). The van der Waals surface area contributed by atoms with Gasteiger partial charge in [0.2, 0.25) is 0 Å². The van der Waals surface area contributed by atoms with E-state index >= 15 is 0 Å². The van der Waals surface area contributed by atoms with Crippen molar-refractivity contribution in [3.05, 3.63) is 29.8 Å². The first-order chi connectivity index (χ1) is 12.2. The highest BCUT2D eigenvalue weighted by Gasteiger charge is 2.43. The van der Waals surface area contributed by atoms with Gasteiger partial charge in [0, 0.05) is 6.42 Å². The van der Waals surface area contributed by atoms with Crippen molar-refractivity contribution in [2.45, 2.75) is 68.3 Å². The van der Waals surface area contributed by atoms with Crippen LogP contribution in [0.25, 0.3) is 0 Å². The van der Waals surface area contributed by atoms with Gasteiger partial charge in [-0.15, -0.1) is 0 Å². The van der Waals surface area contributed by atoms with Crippen LogP contribution in [-0.2, 0) is 14.6 Å². The minimum atomic E-state index is -3.71. The van der Waals surface area contributed by atoms with Crippen LogP contribution in [0.15, 0.2) is 29.2 Å². The Bertz CT molecular complexity index is 705. The first-order valence-electron chi connectivity index (χ1n) is 9.15. The van der Waals surface area contributed by atoms with E-state index in [0.717, 1.165) is 5.56 Å². The lowest BCUT2D eigenvalue weighted by Gasteiger charge is -2.26. The van der Waals surface area contributed by atoms with E-state index in [-0.39, 0.29) is 17.2 Å². The molecular formula is C19H28FNO4S. The minimum absolute atomic E-state index is 0.106. The number of rotatable bonds is 9. The first-order valence-corrected chi connectivity index (χ1v) is 10.7. The zero-order chi connectivity index (χ0) is 19.3. The molecule has 0 bridgehead atoms. The fourth-order valence-corrected chi connectivity index (χ4v) is 5.43. The van der Waals surface area contributed by atoms with Crippen LogP contribution in [0.3, 0.4) is 0 Å². The molecule has 7 heteroatoms. The third-order valence-corrected chi connectivity index (χ3v) is 7.34. The lowest BCUT2D eigenvalue weighted by atomic mass is 9.89. The van der Waals surface area contributed by atoms with Gasteiger partial charge in [0.05, 0.1) is 4.90 Å². The number of halogens is 1. The van der Waals surface area contributed by atoms with E-state index in [1.807, 2.05) is 6.92 Å². The number of hydrogen-bond donors (Lipinski definition) is 2. The number of aliphatic carboxylic acids is 1. The van der Waals surface area contributed by atoms with Crippen molar-refractivity contribution in [1.82, 2.24) is 0 Å². The van der Waals surface area contributed by atoms with E-state index in [2.05, 4.69) is 0 Å². The number of alkyl halides is 1. The van der Waals surface area contributed by atoms with Crippen molar-refractivity contribution in [1.29, 1.82) is 0 Å². The van der Waals surface area contributed by atoms with Crippen LogP contribution >= 0.6 is 0 Å². The summed E-state index contributed by atoms with van der Waals surface area (Å²) < 4.78 is 40.0. The number of unbranched alkanes of at least 4 members (excludes halogenated alkanes) is 2. The van der Waals surface area contributed by atoms with Crippen LogP contribution in [0.2, 0.25) is 0 Å². The Kier molecular flexibility index (Phi) is 7.17. The second-order valence-corrected chi connectivity index (χ2v) is 9.34. The SMILES string of the molecule is Cc1ccc(S(=O)(=O)C(N)[C@H]2CC[C@@H](F)[C@@H]2CCCCCC(=O)O)cc1. The average Bonchev–Trinajstić information content (AvgIpc) is 2.94. The molecule has 0 spiro atoms. The van der Waals surface area contributed by atoms with Crippen molar-refractivity contribution in [2.75, 3.05) is 0 Å². The van der Waals surface area contributed by atoms with Crippen molar-refractivity contribution < 1.29 is 22.7 Å².